The highest BCUT2D eigenvalue weighted by Crippen LogP contribution is 2.22. The lowest BCUT2D eigenvalue weighted by molar-refractivity contribution is -0.134. The van der Waals surface area contributed by atoms with Crippen LogP contribution in [0, 0.1) is 6.92 Å². The van der Waals surface area contributed by atoms with E-state index in [0.29, 0.717) is 12.5 Å². The van der Waals surface area contributed by atoms with Crippen molar-refractivity contribution in [3.05, 3.63) is 29.5 Å². The SMILES string of the molecule is Cc1cc(CC(N)C(=O)N2CCC(N3CCN(C)CC3)CC2)cc2cnn(C)c12. The summed E-state index contributed by atoms with van der Waals surface area (Å²) in [7, 11) is 4.14. The van der Waals surface area contributed by atoms with Gasteiger partial charge in [-0.2, -0.15) is 5.10 Å². The van der Waals surface area contributed by atoms with Crippen molar-refractivity contribution in [1.82, 2.24) is 24.5 Å². The van der Waals surface area contributed by atoms with E-state index in [4.69, 9.17) is 5.73 Å². The number of rotatable bonds is 4. The first-order valence-electron chi connectivity index (χ1n) is 10.8. The number of benzene rings is 1. The van der Waals surface area contributed by atoms with Crippen molar-refractivity contribution >= 4 is 16.8 Å². The highest BCUT2D eigenvalue weighted by atomic mass is 16.2. The summed E-state index contributed by atoms with van der Waals surface area (Å²) >= 11 is 0. The fourth-order valence-corrected chi connectivity index (χ4v) is 4.96. The largest absolute Gasteiger partial charge is 0.341 e. The first-order valence-corrected chi connectivity index (χ1v) is 10.8. The van der Waals surface area contributed by atoms with Crippen LogP contribution >= 0.6 is 0 Å². The molecule has 2 N–H and O–H groups in total. The molecular formula is C22H34N6O. The molecule has 0 bridgehead atoms. The number of hydrogen-bond acceptors (Lipinski definition) is 5. The average molecular weight is 399 g/mol. The third-order valence-electron chi connectivity index (χ3n) is 6.69. The van der Waals surface area contributed by atoms with Crippen LogP contribution in [0.15, 0.2) is 18.3 Å². The van der Waals surface area contributed by atoms with Crippen LogP contribution in [0.5, 0.6) is 0 Å². The van der Waals surface area contributed by atoms with Gasteiger partial charge in [0.1, 0.15) is 0 Å². The number of piperazine rings is 1. The molecule has 1 unspecified atom stereocenters. The molecule has 7 nitrogen and oxygen atoms in total. The van der Waals surface area contributed by atoms with Crippen LogP contribution in [-0.4, -0.2) is 88.8 Å². The zero-order chi connectivity index (χ0) is 20.5. The quantitative estimate of drug-likeness (QED) is 0.832. The third-order valence-corrected chi connectivity index (χ3v) is 6.69. The van der Waals surface area contributed by atoms with Gasteiger partial charge in [-0.25, -0.2) is 0 Å². The number of hydrogen-bond donors (Lipinski definition) is 1. The molecule has 2 aliphatic rings. The molecule has 1 atom stereocenters. The van der Waals surface area contributed by atoms with Gasteiger partial charge in [-0.1, -0.05) is 6.07 Å². The van der Waals surface area contributed by atoms with Gasteiger partial charge >= 0.3 is 0 Å². The van der Waals surface area contributed by atoms with Crippen LogP contribution < -0.4 is 5.73 Å². The third kappa shape index (κ3) is 4.32. The normalized spacial score (nSPS) is 21.0. The highest BCUT2D eigenvalue weighted by molar-refractivity contribution is 5.84. The summed E-state index contributed by atoms with van der Waals surface area (Å²) in [6.07, 6.45) is 4.57. The second kappa shape index (κ2) is 8.42. The fourth-order valence-electron chi connectivity index (χ4n) is 4.96. The van der Waals surface area contributed by atoms with Crippen LogP contribution in [0.4, 0.5) is 0 Å². The van der Waals surface area contributed by atoms with Gasteiger partial charge in [-0.15, -0.1) is 0 Å². The molecule has 0 saturated carbocycles. The van der Waals surface area contributed by atoms with E-state index in [1.807, 2.05) is 22.8 Å². The maximum absolute atomic E-state index is 12.9. The van der Waals surface area contributed by atoms with Crippen molar-refractivity contribution in [3.8, 4) is 0 Å². The Balaban J connectivity index is 1.33. The first kappa shape index (κ1) is 20.3. The van der Waals surface area contributed by atoms with E-state index in [0.717, 1.165) is 68.6 Å². The number of likely N-dealkylation sites (tertiary alicyclic amines) is 1. The maximum atomic E-state index is 12.9. The zero-order valence-corrected chi connectivity index (χ0v) is 18.0. The Bertz CT molecular complexity index is 862. The molecule has 2 aliphatic heterocycles. The number of likely N-dealkylation sites (N-methyl/N-ethyl adjacent to an activating group) is 1. The van der Waals surface area contributed by atoms with Gasteiger partial charge in [0.15, 0.2) is 0 Å². The predicted octanol–water partition coefficient (Wildman–Crippen LogP) is 0.990. The van der Waals surface area contributed by atoms with E-state index in [9.17, 15) is 4.79 Å². The maximum Gasteiger partial charge on any atom is 0.239 e. The minimum absolute atomic E-state index is 0.0887. The Morgan fingerprint density at radius 2 is 1.83 bits per heavy atom. The monoisotopic (exact) mass is 398 g/mol. The molecule has 4 rings (SSSR count). The van der Waals surface area contributed by atoms with Gasteiger partial charge in [0.05, 0.1) is 17.8 Å². The van der Waals surface area contributed by atoms with Crippen molar-refractivity contribution in [2.75, 3.05) is 46.3 Å². The van der Waals surface area contributed by atoms with Crippen molar-refractivity contribution < 1.29 is 4.79 Å². The van der Waals surface area contributed by atoms with Gasteiger partial charge in [-0.05, 0) is 50.4 Å². The van der Waals surface area contributed by atoms with Crippen molar-refractivity contribution in [2.45, 2.75) is 38.3 Å². The number of aromatic nitrogens is 2. The lowest BCUT2D eigenvalue weighted by Crippen LogP contribution is -2.54. The summed E-state index contributed by atoms with van der Waals surface area (Å²) in [6, 6.07) is 4.38. The lowest BCUT2D eigenvalue weighted by Gasteiger charge is -2.42. The second-order valence-electron chi connectivity index (χ2n) is 8.83. The number of nitrogens with two attached hydrogens (primary N) is 1. The number of fused-ring (bicyclic) bond motifs is 1. The van der Waals surface area contributed by atoms with E-state index >= 15 is 0 Å². The molecule has 7 heteroatoms. The summed E-state index contributed by atoms with van der Waals surface area (Å²) < 4.78 is 1.89. The van der Waals surface area contributed by atoms with E-state index in [1.165, 1.54) is 5.56 Å². The number of aryl methyl sites for hydroxylation is 2. The molecule has 29 heavy (non-hydrogen) atoms. The molecule has 1 amide bonds. The molecule has 2 aromatic rings. The van der Waals surface area contributed by atoms with Crippen LogP contribution in [-0.2, 0) is 18.3 Å². The van der Waals surface area contributed by atoms with Gasteiger partial charge in [-0.3, -0.25) is 14.4 Å². The predicted molar refractivity (Wildman–Crippen MR) is 116 cm³/mol. The summed E-state index contributed by atoms with van der Waals surface area (Å²) in [5.74, 6) is 0.0887. The standard InChI is InChI=1S/C22H34N6O/c1-16-12-17(13-18-15-24-26(3)21(16)18)14-20(23)22(29)28-6-4-19(5-7-28)27-10-8-25(2)9-11-27/h12-13,15,19-20H,4-11,14,23H2,1-3H3. The smallest absolute Gasteiger partial charge is 0.239 e. The molecule has 0 spiro atoms. The molecule has 2 fully saturated rings. The molecule has 158 valence electrons. The Kier molecular flexibility index (Phi) is 5.90. The highest BCUT2D eigenvalue weighted by Gasteiger charge is 2.30. The van der Waals surface area contributed by atoms with Gasteiger partial charge in [0.25, 0.3) is 0 Å². The van der Waals surface area contributed by atoms with Crippen molar-refractivity contribution in [1.29, 1.82) is 0 Å². The molecule has 0 radical (unpaired) electrons. The van der Waals surface area contributed by atoms with Gasteiger partial charge in [0, 0.05) is 57.7 Å². The van der Waals surface area contributed by atoms with Crippen molar-refractivity contribution in [3.63, 3.8) is 0 Å². The molecule has 1 aromatic carbocycles. The van der Waals surface area contributed by atoms with Crippen LogP contribution in [0.25, 0.3) is 10.9 Å². The zero-order valence-electron chi connectivity index (χ0n) is 18.0. The van der Waals surface area contributed by atoms with E-state index in [1.54, 1.807) is 0 Å². The Hall–Kier alpha value is -1.96. The molecular weight excluding hydrogens is 364 g/mol. The van der Waals surface area contributed by atoms with Gasteiger partial charge < -0.3 is 15.5 Å². The molecule has 1 aromatic heterocycles. The van der Waals surface area contributed by atoms with Crippen LogP contribution in [0.3, 0.4) is 0 Å². The minimum Gasteiger partial charge on any atom is -0.341 e. The van der Waals surface area contributed by atoms with Crippen LogP contribution in [0.2, 0.25) is 0 Å². The lowest BCUT2D eigenvalue weighted by atomic mass is 9.98. The van der Waals surface area contributed by atoms with Crippen molar-refractivity contribution in [2.24, 2.45) is 12.8 Å². The number of carbonyl (C=O) groups excluding carboxylic acids is 1. The number of nitrogens with zero attached hydrogens (tertiary/aromatic N) is 5. The van der Waals surface area contributed by atoms with Crippen LogP contribution in [0.1, 0.15) is 24.0 Å². The number of carbonyl (C=O) groups is 1. The van der Waals surface area contributed by atoms with E-state index in [2.05, 4.69) is 41.0 Å². The van der Waals surface area contributed by atoms with E-state index in [-0.39, 0.29) is 5.91 Å². The Morgan fingerprint density at radius 3 is 2.52 bits per heavy atom. The molecule has 3 heterocycles. The summed E-state index contributed by atoms with van der Waals surface area (Å²) in [4.78, 5) is 19.9. The van der Waals surface area contributed by atoms with E-state index < -0.39 is 6.04 Å². The number of piperidine rings is 1. The second-order valence-corrected chi connectivity index (χ2v) is 8.83. The van der Waals surface area contributed by atoms with Gasteiger partial charge in [0.2, 0.25) is 5.91 Å². The summed E-state index contributed by atoms with van der Waals surface area (Å²) in [5, 5.41) is 5.45. The molecule has 0 aliphatic carbocycles. The average Bonchev–Trinajstić information content (AvgIpc) is 3.09. The summed E-state index contributed by atoms with van der Waals surface area (Å²) in [5.41, 5.74) is 9.76. The number of amides is 1. The first-order chi connectivity index (χ1) is 13.9. The fraction of sp³-hybridized carbons (Fsp3) is 0.636. The minimum atomic E-state index is -0.483. The summed E-state index contributed by atoms with van der Waals surface area (Å²) in [6.45, 7) is 8.31. The Labute approximate surface area is 173 Å². The topological polar surface area (TPSA) is 70.6 Å². The molecule has 2 saturated heterocycles. The Morgan fingerprint density at radius 1 is 1.14 bits per heavy atom.